The molecule has 1 aromatic rings. The highest BCUT2D eigenvalue weighted by Crippen LogP contribution is 2.66. The Hall–Kier alpha value is -0.860. The molecule has 0 aromatic heterocycles. The summed E-state index contributed by atoms with van der Waals surface area (Å²) in [7, 11) is 0. The first-order chi connectivity index (χ1) is 6.66. The minimum atomic E-state index is -0.185. The summed E-state index contributed by atoms with van der Waals surface area (Å²) in [4.78, 5) is 0. The molecule has 3 aliphatic heterocycles. The van der Waals surface area contributed by atoms with Gasteiger partial charge in [0.25, 0.3) is 0 Å². The Balaban J connectivity index is 2.08. The average molecular weight is 188 g/mol. The molecular weight excluding hydrogens is 176 g/mol. The molecule has 0 amide bonds. The summed E-state index contributed by atoms with van der Waals surface area (Å²) in [5.41, 5.74) is 2.27. The van der Waals surface area contributed by atoms with Crippen LogP contribution in [-0.4, -0.2) is 12.2 Å². The van der Waals surface area contributed by atoms with Crippen LogP contribution in [0.1, 0.15) is 25.0 Å². The first-order valence-electron chi connectivity index (χ1n) is 5.12. The number of rotatable bonds is 0. The van der Waals surface area contributed by atoms with Crippen molar-refractivity contribution >= 4 is 0 Å². The predicted molar refractivity (Wildman–Crippen MR) is 50.9 cm³/mol. The van der Waals surface area contributed by atoms with Gasteiger partial charge in [-0.15, -0.1) is 0 Å². The molecule has 3 aliphatic rings. The largest absolute Gasteiger partial charge is 0.363 e. The van der Waals surface area contributed by atoms with Crippen molar-refractivity contribution in [1.29, 1.82) is 0 Å². The van der Waals surface area contributed by atoms with Gasteiger partial charge in [-0.3, -0.25) is 0 Å². The van der Waals surface area contributed by atoms with Crippen LogP contribution >= 0.6 is 0 Å². The molecule has 2 bridgehead atoms. The molecule has 2 fully saturated rings. The monoisotopic (exact) mass is 188 g/mol. The predicted octanol–water partition coefficient (Wildman–Crippen LogP) is 1.93. The smallest absolute Gasteiger partial charge is 0.121 e. The zero-order valence-electron chi connectivity index (χ0n) is 8.28. The van der Waals surface area contributed by atoms with E-state index in [2.05, 4.69) is 38.1 Å². The molecular formula is C12H12O2. The van der Waals surface area contributed by atoms with Gasteiger partial charge >= 0.3 is 0 Å². The van der Waals surface area contributed by atoms with Crippen LogP contribution in [0.25, 0.3) is 0 Å². The molecule has 2 nitrogen and oxygen atoms in total. The third-order valence-corrected chi connectivity index (χ3v) is 4.00. The topological polar surface area (TPSA) is 21.8 Å². The molecule has 0 N–H and O–H groups in total. The maximum atomic E-state index is 6.15. The molecule has 2 heteroatoms. The van der Waals surface area contributed by atoms with Crippen LogP contribution in [0.2, 0.25) is 0 Å². The molecule has 0 aliphatic carbocycles. The van der Waals surface area contributed by atoms with E-state index in [1.165, 1.54) is 11.1 Å². The van der Waals surface area contributed by atoms with Crippen molar-refractivity contribution in [3.8, 4) is 0 Å². The van der Waals surface area contributed by atoms with Crippen LogP contribution in [0.3, 0.4) is 0 Å². The normalized spacial score (nSPS) is 51.6. The summed E-state index contributed by atoms with van der Waals surface area (Å²) >= 11 is 0. The first-order valence-corrected chi connectivity index (χ1v) is 5.12. The summed E-state index contributed by atoms with van der Waals surface area (Å²) in [6, 6.07) is 8.49. The third kappa shape index (κ3) is 0.538. The Morgan fingerprint density at radius 1 is 1.00 bits per heavy atom. The molecule has 0 spiro atoms. The zero-order valence-corrected chi connectivity index (χ0v) is 8.28. The lowest BCUT2D eigenvalue weighted by Gasteiger charge is -2.22. The van der Waals surface area contributed by atoms with Crippen molar-refractivity contribution in [1.82, 2.24) is 0 Å². The van der Waals surface area contributed by atoms with Crippen molar-refractivity contribution in [3.05, 3.63) is 35.4 Å². The highest BCUT2D eigenvalue weighted by atomic mass is 16.7. The quantitative estimate of drug-likeness (QED) is 0.580. The summed E-state index contributed by atoms with van der Waals surface area (Å²) < 4.78 is 11.9. The summed E-state index contributed by atoms with van der Waals surface area (Å²) in [5, 5.41) is 0. The molecule has 14 heavy (non-hydrogen) atoms. The first kappa shape index (κ1) is 7.43. The van der Waals surface area contributed by atoms with Crippen LogP contribution in [0, 0.1) is 0 Å². The van der Waals surface area contributed by atoms with Gasteiger partial charge in [0, 0.05) is 0 Å². The number of benzene rings is 1. The van der Waals surface area contributed by atoms with Gasteiger partial charge in [-0.25, -0.2) is 0 Å². The minimum absolute atomic E-state index is 0.185. The van der Waals surface area contributed by atoms with Gasteiger partial charge in [-0.05, 0) is 25.0 Å². The fourth-order valence-electron chi connectivity index (χ4n) is 3.27. The van der Waals surface area contributed by atoms with E-state index in [9.17, 15) is 0 Å². The van der Waals surface area contributed by atoms with Gasteiger partial charge in [0.05, 0.1) is 0 Å². The van der Waals surface area contributed by atoms with E-state index >= 15 is 0 Å². The fraction of sp³-hybridized carbons (Fsp3) is 0.500. The average Bonchev–Trinajstić information content (AvgIpc) is 2.90. The number of epoxide rings is 1. The Morgan fingerprint density at radius 3 is 2.00 bits per heavy atom. The second-order valence-corrected chi connectivity index (χ2v) is 4.84. The molecule has 4 rings (SSSR count). The van der Waals surface area contributed by atoms with Gasteiger partial charge in [0.1, 0.15) is 23.4 Å². The van der Waals surface area contributed by atoms with Crippen molar-refractivity contribution in [3.63, 3.8) is 0 Å². The van der Waals surface area contributed by atoms with Crippen molar-refractivity contribution in [2.24, 2.45) is 0 Å². The van der Waals surface area contributed by atoms with E-state index in [-0.39, 0.29) is 11.2 Å². The van der Waals surface area contributed by atoms with Crippen molar-refractivity contribution in [2.45, 2.75) is 37.3 Å². The number of hydrogen-bond acceptors (Lipinski definition) is 2. The SMILES string of the molecule is C[C@]12O[C@](C)(c3ccccc31)[C@H]1O[C@H]12. The van der Waals surface area contributed by atoms with Crippen molar-refractivity contribution in [2.75, 3.05) is 0 Å². The molecule has 72 valence electrons. The van der Waals surface area contributed by atoms with Gasteiger partial charge in [0.15, 0.2) is 0 Å². The molecule has 4 atom stereocenters. The third-order valence-electron chi connectivity index (χ3n) is 4.00. The van der Waals surface area contributed by atoms with Gasteiger partial charge < -0.3 is 9.47 Å². The number of ether oxygens (including phenoxy) is 2. The molecule has 2 saturated heterocycles. The Kier molecular flexibility index (Phi) is 0.942. The standard InChI is InChI=1S/C12H12O2/c1-11-7-5-3-4-6-8(7)12(2,14-11)10-9(11)13-10/h3-6,9-10H,1-2H3/t9-,10+,11+,12-. The number of hydrogen-bond donors (Lipinski definition) is 0. The van der Waals surface area contributed by atoms with E-state index in [1.807, 2.05) is 0 Å². The van der Waals surface area contributed by atoms with Crippen LogP contribution in [0.5, 0.6) is 0 Å². The van der Waals surface area contributed by atoms with Gasteiger partial charge in [-0.2, -0.15) is 0 Å². The summed E-state index contributed by atoms with van der Waals surface area (Å²) in [6.45, 7) is 4.30. The maximum absolute atomic E-state index is 6.15. The lowest BCUT2D eigenvalue weighted by atomic mass is 9.78. The lowest BCUT2D eigenvalue weighted by molar-refractivity contribution is -0.131. The zero-order chi connectivity index (χ0) is 9.55. The highest BCUT2D eigenvalue weighted by molar-refractivity contribution is 5.49. The van der Waals surface area contributed by atoms with E-state index in [1.54, 1.807) is 0 Å². The minimum Gasteiger partial charge on any atom is -0.363 e. The lowest BCUT2D eigenvalue weighted by Crippen LogP contribution is -2.26. The molecule has 1 aromatic carbocycles. The molecule has 0 radical (unpaired) electrons. The summed E-state index contributed by atoms with van der Waals surface area (Å²) in [5.74, 6) is 0. The van der Waals surface area contributed by atoms with Crippen LogP contribution in [0.15, 0.2) is 24.3 Å². The van der Waals surface area contributed by atoms with Gasteiger partial charge in [-0.1, -0.05) is 24.3 Å². The molecule has 0 unspecified atom stereocenters. The molecule has 0 saturated carbocycles. The van der Waals surface area contributed by atoms with Crippen LogP contribution < -0.4 is 0 Å². The Labute approximate surface area is 82.8 Å². The highest BCUT2D eigenvalue weighted by Gasteiger charge is 2.75. The van der Waals surface area contributed by atoms with E-state index in [0.717, 1.165) is 0 Å². The van der Waals surface area contributed by atoms with Crippen molar-refractivity contribution < 1.29 is 9.47 Å². The second-order valence-electron chi connectivity index (χ2n) is 4.84. The Morgan fingerprint density at radius 2 is 1.50 bits per heavy atom. The van der Waals surface area contributed by atoms with Crippen LogP contribution in [-0.2, 0) is 20.7 Å². The maximum Gasteiger partial charge on any atom is 0.121 e. The van der Waals surface area contributed by atoms with E-state index in [0.29, 0.717) is 12.2 Å². The summed E-state index contributed by atoms with van der Waals surface area (Å²) in [6.07, 6.45) is 0.588. The van der Waals surface area contributed by atoms with E-state index < -0.39 is 0 Å². The van der Waals surface area contributed by atoms with Crippen LogP contribution in [0.4, 0.5) is 0 Å². The Bertz CT molecular complexity index is 403. The van der Waals surface area contributed by atoms with Gasteiger partial charge in [0.2, 0.25) is 0 Å². The second kappa shape index (κ2) is 1.77. The molecule has 3 heterocycles. The number of fused-ring (bicyclic) bond motifs is 8. The fourth-order valence-corrected chi connectivity index (χ4v) is 3.27. The van der Waals surface area contributed by atoms with E-state index in [4.69, 9.17) is 9.47 Å².